The van der Waals surface area contributed by atoms with E-state index in [0.29, 0.717) is 19.6 Å². The Morgan fingerprint density at radius 3 is 2.59 bits per heavy atom. The summed E-state index contributed by atoms with van der Waals surface area (Å²) in [5.74, 6) is -1.77. The summed E-state index contributed by atoms with van der Waals surface area (Å²) in [6, 6.07) is 3.90. The summed E-state index contributed by atoms with van der Waals surface area (Å²) in [7, 11) is 0. The van der Waals surface area contributed by atoms with Gasteiger partial charge in [-0.2, -0.15) is 0 Å². The van der Waals surface area contributed by atoms with Gasteiger partial charge in [-0.1, -0.05) is 31.4 Å². The lowest BCUT2D eigenvalue weighted by Gasteiger charge is -2.39. The zero-order valence-electron chi connectivity index (χ0n) is 18.5. The lowest BCUT2D eigenvalue weighted by Crippen LogP contribution is -2.47. The summed E-state index contributed by atoms with van der Waals surface area (Å²) >= 11 is 0. The van der Waals surface area contributed by atoms with Crippen LogP contribution in [0.2, 0.25) is 0 Å². The third kappa shape index (κ3) is 5.37. The number of benzene rings is 1. The van der Waals surface area contributed by atoms with Crippen LogP contribution in [0, 0.1) is 17.6 Å². The van der Waals surface area contributed by atoms with E-state index in [1.54, 1.807) is 4.90 Å². The van der Waals surface area contributed by atoms with Gasteiger partial charge < -0.3 is 15.0 Å². The van der Waals surface area contributed by atoms with Gasteiger partial charge in [0.15, 0.2) is 11.6 Å². The Balaban J connectivity index is 1.22. The predicted octanol–water partition coefficient (Wildman–Crippen LogP) is 4.21. The maximum Gasteiger partial charge on any atom is 0.246 e. The molecule has 1 aromatic carbocycles. The first kappa shape index (κ1) is 22.9. The first-order valence-electron chi connectivity index (χ1n) is 11.8. The molecule has 1 aliphatic carbocycles. The summed E-state index contributed by atoms with van der Waals surface area (Å²) in [4.78, 5) is 26.6. The van der Waals surface area contributed by atoms with Crippen molar-refractivity contribution in [2.45, 2.75) is 69.5 Å². The van der Waals surface area contributed by atoms with Crippen LogP contribution in [-0.4, -0.2) is 48.1 Å². The van der Waals surface area contributed by atoms with Crippen molar-refractivity contribution in [1.82, 2.24) is 10.2 Å². The minimum atomic E-state index is -0.949. The van der Waals surface area contributed by atoms with Gasteiger partial charge in [-0.05, 0) is 50.7 Å². The largest absolute Gasteiger partial charge is 0.370 e. The van der Waals surface area contributed by atoms with Crippen molar-refractivity contribution in [2.24, 2.45) is 5.92 Å². The summed E-state index contributed by atoms with van der Waals surface area (Å²) in [6.07, 6.45) is 11.5. The van der Waals surface area contributed by atoms with Crippen molar-refractivity contribution in [3.63, 3.8) is 0 Å². The molecule has 2 heterocycles. The number of amides is 2. The number of hydrogen-bond acceptors (Lipinski definition) is 3. The highest BCUT2D eigenvalue weighted by atomic mass is 19.2. The molecule has 1 aromatic rings. The van der Waals surface area contributed by atoms with Crippen LogP contribution in [-0.2, 0) is 14.3 Å². The van der Waals surface area contributed by atoms with Crippen molar-refractivity contribution >= 4 is 17.9 Å². The number of hydrogen-bond donors (Lipinski definition) is 1. The number of nitrogens with one attached hydrogen (secondary N) is 1. The summed E-state index contributed by atoms with van der Waals surface area (Å²) in [6.45, 7) is 1.69. The molecule has 3 fully saturated rings. The molecular weight excluding hydrogens is 414 g/mol. The quantitative estimate of drug-likeness (QED) is 0.690. The Hall–Kier alpha value is -2.28. The monoisotopic (exact) mass is 446 g/mol. The molecule has 7 heteroatoms. The summed E-state index contributed by atoms with van der Waals surface area (Å²) < 4.78 is 33.4. The van der Waals surface area contributed by atoms with Crippen LogP contribution >= 0.6 is 0 Å². The van der Waals surface area contributed by atoms with Gasteiger partial charge in [-0.25, -0.2) is 8.78 Å². The molecule has 32 heavy (non-hydrogen) atoms. The number of carbonyl (C=O) groups is 2. The minimum Gasteiger partial charge on any atom is -0.370 e. The number of carbonyl (C=O) groups excluding carboxylic acids is 2. The van der Waals surface area contributed by atoms with Gasteiger partial charge in [0.1, 0.15) is 0 Å². The van der Waals surface area contributed by atoms with E-state index in [9.17, 15) is 18.4 Å². The van der Waals surface area contributed by atoms with Crippen molar-refractivity contribution in [3.05, 3.63) is 41.5 Å². The summed E-state index contributed by atoms with van der Waals surface area (Å²) in [5.41, 5.74) is -0.167. The standard InChI is InChI=1S/C25H32F2N2O3/c26-21-8-4-7-18(23(21)27)9-10-22(30)29-15-13-25(14-16-29)12-11-20(32-25)17-28-24(31)19-5-2-1-3-6-19/h4,7-10,19-20H,1-3,5-6,11-17H2,(H,28,31)/b10-9+/t20-/m1/s1. The van der Waals surface area contributed by atoms with Crippen LogP contribution in [0.1, 0.15) is 63.4 Å². The number of ether oxygens (including phenoxy) is 1. The van der Waals surface area contributed by atoms with E-state index in [4.69, 9.17) is 4.74 Å². The lowest BCUT2D eigenvalue weighted by molar-refractivity contribution is -0.134. The molecule has 1 N–H and O–H groups in total. The maximum atomic E-state index is 13.8. The van der Waals surface area contributed by atoms with E-state index in [1.807, 2.05) is 0 Å². The van der Waals surface area contributed by atoms with Crippen molar-refractivity contribution < 1.29 is 23.1 Å². The van der Waals surface area contributed by atoms with Crippen LogP contribution in [0.5, 0.6) is 0 Å². The molecule has 4 rings (SSSR count). The van der Waals surface area contributed by atoms with Crippen LogP contribution in [0.25, 0.3) is 6.08 Å². The Kier molecular flexibility index (Phi) is 7.23. The van der Waals surface area contributed by atoms with Gasteiger partial charge >= 0.3 is 0 Å². The Labute approximate surface area is 188 Å². The van der Waals surface area contributed by atoms with Crippen LogP contribution in [0.4, 0.5) is 8.78 Å². The lowest BCUT2D eigenvalue weighted by atomic mass is 9.88. The maximum absolute atomic E-state index is 13.8. The van der Waals surface area contributed by atoms with Gasteiger partial charge in [-0.3, -0.25) is 9.59 Å². The first-order chi connectivity index (χ1) is 15.5. The third-order valence-electron chi connectivity index (χ3n) is 7.19. The number of likely N-dealkylation sites (tertiary alicyclic amines) is 1. The van der Waals surface area contributed by atoms with E-state index in [2.05, 4.69) is 5.32 Å². The minimum absolute atomic E-state index is 0.0284. The van der Waals surface area contributed by atoms with Crippen molar-refractivity contribution in [2.75, 3.05) is 19.6 Å². The zero-order chi connectivity index (χ0) is 22.6. The van der Waals surface area contributed by atoms with Crippen LogP contribution in [0.15, 0.2) is 24.3 Å². The average Bonchev–Trinajstić information content (AvgIpc) is 3.21. The zero-order valence-corrected chi connectivity index (χ0v) is 18.5. The van der Waals surface area contributed by atoms with E-state index >= 15 is 0 Å². The van der Waals surface area contributed by atoms with Gasteiger partial charge in [0.2, 0.25) is 11.8 Å². The molecule has 0 radical (unpaired) electrons. The first-order valence-corrected chi connectivity index (χ1v) is 11.8. The number of rotatable bonds is 5. The Morgan fingerprint density at radius 1 is 1.09 bits per heavy atom. The van der Waals surface area contributed by atoms with Crippen molar-refractivity contribution in [3.8, 4) is 0 Å². The molecule has 1 spiro atoms. The second-order valence-corrected chi connectivity index (χ2v) is 9.34. The van der Waals surface area contributed by atoms with Gasteiger partial charge in [-0.15, -0.1) is 0 Å². The SMILES string of the molecule is O=C(NC[C@H]1CCC2(CCN(C(=O)/C=C/c3cccc(F)c3F)CC2)O1)C1CCCCC1. The second-order valence-electron chi connectivity index (χ2n) is 9.34. The molecular formula is C25H32F2N2O3. The highest BCUT2D eigenvalue weighted by Gasteiger charge is 2.43. The molecule has 2 aliphatic heterocycles. The third-order valence-corrected chi connectivity index (χ3v) is 7.19. The topological polar surface area (TPSA) is 58.6 Å². The average molecular weight is 447 g/mol. The fraction of sp³-hybridized carbons (Fsp3) is 0.600. The molecule has 2 saturated heterocycles. The molecule has 1 atom stereocenters. The fourth-order valence-electron chi connectivity index (χ4n) is 5.18. The van der Waals surface area contributed by atoms with Gasteiger partial charge in [0.25, 0.3) is 0 Å². The van der Waals surface area contributed by atoms with Crippen LogP contribution < -0.4 is 5.32 Å². The predicted molar refractivity (Wildman–Crippen MR) is 118 cm³/mol. The Bertz CT molecular complexity index is 859. The normalized spacial score (nSPS) is 23.7. The number of nitrogens with zero attached hydrogens (tertiary/aromatic N) is 1. The van der Waals surface area contributed by atoms with Crippen molar-refractivity contribution in [1.29, 1.82) is 0 Å². The molecule has 3 aliphatic rings. The molecule has 0 unspecified atom stereocenters. The molecule has 5 nitrogen and oxygen atoms in total. The second kappa shape index (κ2) is 10.1. The van der Waals surface area contributed by atoms with E-state index in [0.717, 1.165) is 57.4 Å². The smallest absolute Gasteiger partial charge is 0.246 e. The Morgan fingerprint density at radius 2 is 1.84 bits per heavy atom. The number of halogens is 2. The molecule has 2 amide bonds. The summed E-state index contributed by atoms with van der Waals surface area (Å²) in [5, 5.41) is 3.09. The molecule has 0 bridgehead atoms. The van der Waals surface area contributed by atoms with E-state index in [1.165, 1.54) is 30.7 Å². The van der Waals surface area contributed by atoms with Crippen LogP contribution in [0.3, 0.4) is 0 Å². The van der Waals surface area contributed by atoms with E-state index < -0.39 is 11.6 Å². The highest BCUT2D eigenvalue weighted by molar-refractivity contribution is 5.91. The van der Waals surface area contributed by atoms with Gasteiger partial charge in [0, 0.05) is 37.2 Å². The molecule has 1 saturated carbocycles. The highest BCUT2D eigenvalue weighted by Crippen LogP contribution is 2.39. The number of piperidine rings is 1. The van der Waals surface area contributed by atoms with E-state index in [-0.39, 0.29) is 35.0 Å². The fourth-order valence-corrected chi connectivity index (χ4v) is 5.18. The molecule has 174 valence electrons. The molecule has 0 aromatic heterocycles. The van der Waals surface area contributed by atoms with Gasteiger partial charge in [0.05, 0.1) is 11.7 Å².